The van der Waals surface area contributed by atoms with Gasteiger partial charge in [-0.2, -0.15) is 0 Å². The summed E-state index contributed by atoms with van der Waals surface area (Å²) in [7, 11) is 0. The van der Waals surface area contributed by atoms with Crippen molar-refractivity contribution in [3.05, 3.63) is 64.7 Å². The molecule has 5 nitrogen and oxygen atoms in total. The van der Waals surface area contributed by atoms with Gasteiger partial charge in [-0.05, 0) is 43.0 Å². The van der Waals surface area contributed by atoms with Gasteiger partial charge in [0.25, 0.3) is 11.8 Å². The van der Waals surface area contributed by atoms with Crippen molar-refractivity contribution in [3.63, 3.8) is 0 Å². The van der Waals surface area contributed by atoms with Gasteiger partial charge in [-0.1, -0.05) is 17.7 Å². The van der Waals surface area contributed by atoms with E-state index in [0.29, 0.717) is 25.2 Å². The summed E-state index contributed by atoms with van der Waals surface area (Å²) in [6.07, 6.45) is 4.74. The van der Waals surface area contributed by atoms with Crippen LogP contribution in [0.25, 0.3) is 0 Å². The minimum atomic E-state index is -0.633. The molecule has 1 fully saturated rings. The predicted molar refractivity (Wildman–Crippen MR) is 96.6 cm³/mol. The highest BCUT2D eigenvalue weighted by Crippen LogP contribution is 2.21. The zero-order chi connectivity index (χ0) is 18.5. The summed E-state index contributed by atoms with van der Waals surface area (Å²) >= 11 is 5.91. The molecule has 2 aromatic rings. The molecular formula is C19H19ClFN3O2. The van der Waals surface area contributed by atoms with E-state index in [1.807, 2.05) is 0 Å². The molecular weight excluding hydrogens is 357 g/mol. The fourth-order valence-electron chi connectivity index (χ4n) is 3.05. The third kappa shape index (κ3) is 4.19. The standard InChI is InChI=1S/C19H19ClFN3O2/c20-15-4-1-5-16(21)17(15)18(25)23-11-13-6-9-24(10-7-13)19(26)14-3-2-8-22-12-14/h1-5,8,12-13H,6-7,9-11H2,(H,23,25). The Labute approximate surface area is 156 Å². The lowest BCUT2D eigenvalue weighted by Crippen LogP contribution is -2.41. The SMILES string of the molecule is O=C(NCC1CCN(C(=O)c2cccnc2)CC1)c1c(F)cccc1Cl. The number of halogens is 2. The van der Waals surface area contributed by atoms with Crippen molar-refractivity contribution in [3.8, 4) is 0 Å². The lowest BCUT2D eigenvalue weighted by atomic mass is 9.96. The second-order valence-corrected chi connectivity index (χ2v) is 6.69. The molecule has 1 aromatic heterocycles. The molecule has 0 aliphatic carbocycles. The average Bonchev–Trinajstić information content (AvgIpc) is 2.67. The van der Waals surface area contributed by atoms with Crippen LogP contribution in [-0.2, 0) is 0 Å². The Morgan fingerprint density at radius 1 is 1.23 bits per heavy atom. The van der Waals surface area contributed by atoms with Crippen LogP contribution in [0.2, 0.25) is 5.02 Å². The summed E-state index contributed by atoms with van der Waals surface area (Å²) < 4.78 is 13.8. The Balaban J connectivity index is 1.50. The Morgan fingerprint density at radius 2 is 2.00 bits per heavy atom. The summed E-state index contributed by atoms with van der Waals surface area (Å²) in [5.74, 6) is -0.935. The zero-order valence-electron chi connectivity index (χ0n) is 14.1. The first-order valence-corrected chi connectivity index (χ1v) is 8.85. The van der Waals surface area contributed by atoms with Crippen LogP contribution in [0.5, 0.6) is 0 Å². The van der Waals surface area contributed by atoms with Crippen molar-refractivity contribution < 1.29 is 14.0 Å². The van der Waals surface area contributed by atoms with E-state index in [9.17, 15) is 14.0 Å². The number of nitrogens with one attached hydrogen (secondary N) is 1. The zero-order valence-corrected chi connectivity index (χ0v) is 14.9. The quantitative estimate of drug-likeness (QED) is 0.892. The molecule has 1 saturated heterocycles. The second-order valence-electron chi connectivity index (χ2n) is 6.28. The largest absolute Gasteiger partial charge is 0.352 e. The Kier molecular flexibility index (Phi) is 5.83. The van der Waals surface area contributed by atoms with Crippen LogP contribution in [-0.4, -0.2) is 41.3 Å². The molecule has 0 spiro atoms. The first-order valence-electron chi connectivity index (χ1n) is 8.48. The molecule has 1 aliphatic heterocycles. The summed E-state index contributed by atoms with van der Waals surface area (Å²) in [6.45, 7) is 1.67. The average molecular weight is 376 g/mol. The lowest BCUT2D eigenvalue weighted by Gasteiger charge is -2.32. The Bertz CT molecular complexity index is 772. The summed E-state index contributed by atoms with van der Waals surface area (Å²) in [5.41, 5.74) is 0.451. The summed E-state index contributed by atoms with van der Waals surface area (Å²) in [5, 5.41) is 2.85. The Morgan fingerprint density at radius 3 is 2.65 bits per heavy atom. The van der Waals surface area contributed by atoms with Crippen LogP contribution in [0.3, 0.4) is 0 Å². The number of piperidine rings is 1. The van der Waals surface area contributed by atoms with E-state index in [1.54, 1.807) is 29.4 Å². The number of hydrogen-bond donors (Lipinski definition) is 1. The van der Waals surface area contributed by atoms with Gasteiger partial charge in [0.2, 0.25) is 0 Å². The minimum Gasteiger partial charge on any atom is -0.352 e. The van der Waals surface area contributed by atoms with Crippen molar-refractivity contribution in [2.24, 2.45) is 5.92 Å². The van der Waals surface area contributed by atoms with E-state index in [2.05, 4.69) is 10.3 Å². The van der Waals surface area contributed by atoms with Gasteiger partial charge >= 0.3 is 0 Å². The van der Waals surface area contributed by atoms with Crippen molar-refractivity contribution >= 4 is 23.4 Å². The van der Waals surface area contributed by atoms with Gasteiger partial charge in [-0.25, -0.2) is 4.39 Å². The molecule has 1 aliphatic rings. The van der Waals surface area contributed by atoms with E-state index < -0.39 is 11.7 Å². The van der Waals surface area contributed by atoms with Crippen LogP contribution in [0.15, 0.2) is 42.7 Å². The minimum absolute atomic E-state index is 0.0290. The number of amides is 2. The summed E-state index contributed by atoms with van der Waals surface area (Å²) in [4.78, 5) is 30.3. The van der Waals surface area contributed by atoms with Crippen molar-refractivity contribution in [2.45, 2.75) is 12.8 Å². The molecule has 136 valence electrons. The van der Waals surface area contributed by atoms with Gasteiger partial charge in [0, 0.05) is 32.0 Å². The molecule has 2 heterocycles. The molecule has 1 aromatic carbocycles. The second kappa shape index (κ2) is 8.27. The maximum Gasteiger partial charge on any atom is 0.255 e. The molecule has 0 atom stereocenters. The lowest BCUT2D eigenvalue weighted by molar-refractivity contribution is 0.0683. The smallest absolute Gasteiger partial charge is 0.255 e. The number of likely N-dealkylation sites (tertiary alicyclic amines) is 1. The first kappa shape index (κ1) is 18.3. The molecule has 0 bridgehead atoms. The first-order chi connectivity index (χ1) is 12.6. The molecule has 1 N–H and O–H groups in total. The normalized spacial score (nSPS) is 14.9. The van der Waals surface area contributed by atoms with Gasteiger partial charge in [0.05, 0.1) is 16.1 Å². The maximum atomic E-state index is 13.8. The molecule has 26 heavy (non-hydrogen) atoms. The van der Waals surface area contributed by atoms with Crippen molar-refractivity contribution in [1.29, 1.82) is 0 Å². The molecule has 0 saturated carbocycles. The van der Waals surface area contributed by atoms with E-state index in [4.69, 9.17) is 11.6 Å². The molecule has 7 heteroatoms. The number of carbonyl (C=O) groups excluding carboxylic acids is 2. The molecule has 0 unspecified atom stereocenters. The van der Waals surface area contributed by atoms with Crippen LogP contribution in [0.1, 0.15) is 33.6 Å². The Hall–Kier alpha value is -2.47. The van der Waals surface area contributed by atoms with Crippen molar-refractivity contribution in [2.75, 3.05) is 19.6 Å². The van der Waals surface area contributed by atoms with E-state index in [-0.39, 0.29) is 22.4 Å². The molecule has 2 amide bonds. The van der Waals surface area contributed by atoms with Crippen LogP contribution in [0, 0.1) is 11.7 Å². The topological polar surface area (TPSA) is 62.3 Å². The van der Waals surface area contributed by atoms with Gasteiger partial charge in [-0.15, -0.1) is 0 Å². The number of hydrogen-bond acceptors (Lipinski definition) is 3. The number of carbonyl (C=O) groups is 2. The highest BCUT2D eigenvalue weighted by Gasteiger charge is 2.24. The number of pyridine rings is 1. The van der Waals surface area contributed by atoms with Gasteiger partial charge in [0.15, 0.2) is 0 Å². The van der Waals surface area contributed by atoms with E-state index in [1.165, 1.54) is 18.2 Å². The van der Waals surface area contributed by atoms with Crippen LogP contribution in [0.4, 0.5) is 4.39 Å². The number of benzene rings is 1. The van der Waals surface area contributed by atoms with Crippen molar-refractivity contribution in [1.82, 2.24) is 15.2 Å². The van der Waals surface area contributed by atoms with Gasteiger partial charge in [0.1, 0.15) is 5.82 Å². The fourth-order valence-corrected chi connectivity index (χ4v) is 3.30. The fraction of sp³-hybridized carbons (Fsp3) is 0.316. The maximum absolute atomic E-state index is 13.8. The summed E-state index contributed by atoms with van der Waals surface area (Å²) in [6, 6.07) is 7.65. The third-order valence-electron chi connectivity index (χ3n) is 4.55. The highest BCUT2D eigenvalue weighted by atomic mass is 35.5. The number of nitrogens with zero attached hydrogens (tertiary/aromatic N) is 2. The molecule has 0 radical (unpaired) electrons. The van der Waals surface area contributed by atoms with Crippen LogP contribution < -0.4 is 5.32 Å². The predicted octanol–water partition coefficient (Wildman–Crippen LogP) is 3.16. The molecule has 3 rings (SSSR count). The third-order valence-corrected chi connectivity index (χ3v) is 4.87. The van der Waals surface area contributed by atoms with Gasteiger partial charge in [-0.3, -0.25) is 14.6 Å². The van der Waals surface area contributed by atoms with E-state index in [0.717, 1.165) is 12.8 Å². The van der Waals surface area contributed by atoms with Crippen LogP contribution >= 0.6 is 11.6 Å². The van der Waals surface area contributed by atoms with Gasteiger partial charge < -0.3 is 10.2 Å². The highest BCUT2D eigenvalue weighted by molar-refractivity contribution is 6.33. The number of rotatable bonds is 4. The monoisotopic (exact) mass is 375 g/mol. The van der Waals surface area contributed by atoms with E-state index >= 15 is 0 Å². The number of aromatic nitrogens is 1.